The Kier molecular flexibility index (Phi) is 4.44. The van der Waals surface area contributed by atoms with E-state index >= 15 is 0 Å². The van der Waals surface area contributed by atoms with Gasteiger partial charge in [0.1, 0.15) is 5.01 Å². The Hall–Kier alpha value is -0.920. The maximum Gasteiger partial charge on any atom is 0.107 e. The Morgan fingerprint density at radius 3 is 3.15 bits per heavy atom. The van der Waals surface area contributed by atoms with E-state index in [-0.39, 0.29) is 0 Å². The van der Waals surface area contributed by atoms with Crippen molar-refractivity contribution in [3.8, 4) is 6.07 Å². The quantitative estimate of drug-likeness (QED) is 0.729. The van der Waals surface area contributed by atoms with Crippen molar-refractivity contribution in [3.63, 3.8) is 0 Å². The highest BCUT2D eigenvalue weighted by molar-refractivity contribution is 7.09. The van der Waals surface area contributed by atoms with Gasteiger partial charge in [0.05, 0.1) is 6.07 Å². The zero-order valence-corrected chi connectivity index (χ0v) is 8.52. The van der Waals surface area contributed by atoms with Crippen LogP contribution in [0.25, 0.3) is 0 Å². The van der Waals surface area contributed by atoms with E-state index in [4.69, 9.17) is 5.26 Å². The molecule has 13 heavy (non-hydrogen) atoms. The van der Waals surface area contributed by atoms with Gasteiger partial charge >= 0.3 is 0 Å². The van der Waals surface area contributed by atoms with Crippen LogP contribution in [0, 0.1) is 18.3 Å². The summed E-state index contributed by atoms with van der Waals surface area (Å²) in [7, 11) is 0. The summed E-state index contributed by atoms with van der Waals surface area (Å²) in [5.41, 5.74) is 1.08. The van der Waals surface area contributed by atoms with E-state index < -0.39 is 0 Å². The predicted molar refractivity (Wildman–Crippen MR) is 53.4 cm³/mol. The van der Waals surface area contributed by atoms with Crippen LogP contribution in [0.2, 0.25) is 0 Å². The van der Waals surface area contributed by atoms with Crippen molar-refractivity contribution in [1.29, 1.82) is 5.26 Å². The van der Waals surface area contributed by atoms with Crippen LogP contribution in [0.3, 0.4) is 0 Å². The number of unbranched alkanes of at least 4 members (excludes halogenated alkanes) is 1. The van der Waals surface area contributed by atoms with Gasteiger partial charge < -0.3 is 5.32 Å². The number of thiazole rings is 1. The van der Waals surface area contributed by atoms with E-state index in [1.807, 2.05) is 12.3 Å². The summed E-state index contributed by atoms with van der Waals surface area (Å²) >= 11 is 1.67. The minimum absolute atomic E-state index is 0.629. The molecule has 0 aliphatic rings. The molecule has 0 spiro atoms. The molecular weight excluding hydrogens is 182 g/mol. The molecule has 0 amide bonds. The molecule has 4 heteroatoms. The van der Waals surface area contributed by atoms with Crippen molar-refractivity contribution >= 4 is 11.3 Å². The molecule has 3 nitrogen and oxygen atoms in total. The summed E-state index contributed by atoms with van der Waals surface area (Å²) in [6, 6.07) is 2.12. The van der Waals surface area contributed by atoms with Crippen LogP contribution in [0.5, 0.6) is 0 Å². The Labute approximate surface area is 82.4 Å². The number of aromatic nitrogens is 1. The van der Waals surface area contributed by atoms with Crippen molar-refractivity contribution in [2.24, 2.45) is 0 Å². The van der Waals surface area contributed by atoms with E-state index in [0.717, 1.165) is 30.2 Å². The van der Waals surface area contributed by atoms with Gasteiger partial charge in [-0.2, -0.15) is 5.26 Å². The Morgan fingerprint density at radius 2 is 2.54 bits per heavy atom. The van der Waals surface area contributed by atoms with Crippen molar-refractivity contribution in [2.75, 3.05) is 6.54 Å². The highest BCUT2D eigenvalue weighted by Crippen LogP contribution is 2.07. The topological polar surface area (TPSA) is 48.7 Å². The summed E-state index contributed by atoms with van der Waals surface area (Å²) in [5, 5.41) is 14.7. The highest BCUT2D eigenvalue weighted by atomic mass is 32.1. The van der Waals surface area contributed by atoms with E-state index in [1.165, 1.54) is 0 Å². The number of nitrogens with one attached hydrogen (secondary N) is 1. The van der Waals surface area contributed by atoms with Crippen molar-refractivity contribution in [1.82, 2.24) is 10.3 Å². The lowest BCUT2D eigenvalue weighted by molar-refractivity contribution is 0.654. The first-order chi connectivity index (χ1) is 6.33. The van der Waals surface area contributed by atoms with Crippen LogP contribution in [0.1, 0.15) is 23.5 Å². The number of rotatable bonds is 5. The Bertz CT molecular complexity index is 287. The average molecular weight is 195 g/mol. The molecule has 1 rings (SSSR count). The summed E-state index contributed by atoms with van der Waals surface area (Å²) in [4.78, 5) is 4.32. The third-order valence-corrected chi connectivity index (χ3v) is 2.55. The molecule has 0 atom stereocenters. The molecular formula is C9H13N3S. The second kappa shape index (κ2) is 5.68. The largest absolute Gasteiger partial charge is 0.310 e. The first-order valence-electron chi connectivity index (χ1n) is 4.31. The smallest absolute Gasteiger partial charge is 0.107 e. The lowest BCUT2D eigenvalue weighted by atomic mass is 10.3. The van der Waals surface area contributed by atoms with Crippen LogP contribution < -0.4 is 5.32 Å². The minimum atomic E-state index is 0.629. The van der Waals surface area contributed by atoms with Crippen molar-refractivity contribution in [2.45, 2.75) is 26.3 Å². The van der Waals surface area contributed by atoms with Crippen LogP contribution in [0.4, 0.5) is 0 Å². The van der Waals surface area contributed by atoms with Crippen LogP contribution >= 0.6 is 11.3 Å². The molecule has 1 aromatic rings. The number of nitrogens with zero attached hydrogens (tertiary/aromatic N) is 2. The summed E-state index contributed by atoms with van der Waals surface area (Å²) in [5.74, 6) is 0. The second-order valence-corrected chi connectivity index (χ2v) is 3.76. The number of hydrogen-bond acceptors (Lipinski definition) is 4. The van der Waals surface area contributed by atoms with Crippen LogP contribution in [0.15, 0.2) is 5.38 Å². The van der Waals surface area contributed by atoms with Gasteiger partial charge in [0.25, 0.3) is 0 Å². The molecule has 0 unspecified atom stereocenters. The fourth-order valence-electron chi connectivity index (χ4n) is 0.972. The zero-order valence-electron chi connectivity index (χ0n) is 7.71. The van der Waals surface area contributed by atoms with Gasteiger partial charge in [0.15, 0.2) is 0 Å². The number of nitriles is 1. The van der Waals surface area contributed by atoms with Crippen LogP contribution in [-0.4, -0.2) is 11.5 Å². The van der Waals surface area contributed by atoms with Gasteiger partial charge in [-0.05, 0) is 19.9 Å². The minimum Gasteiger partial charge on any atom is -0.310 e. The lowest BCUT2D eigenvalue weighted by Crippen LogP contribution is -2.14. The van der Waals surface area contributed by atoms with Gasteiger partial charge in [-0.25, -0.2) is 4.98 Å². The van der Waals surface area contributed by atoms with Gasteiger partial charge in [0, 0.05) is 24.0 Å². The molecule has 1 aromatic heterocycles. The molecule has 0 bridgehead atoms. The average Bonchev–Trinajstić information content (AvgIpc) is 2.51. The third-order valence-electron chi connectivity index (χ3n) is 1.58. The standard InChI is InChI=1S/C9H13N3S/c1-8-7-13-9(12-8)6-11-5-3-2-4-10/h7,11H,2-3,5-6H2,1H3. The molecule has 1 N–H and O–H groups in total. The van der Waals surface area contributed by atoms with E-state index in [1.54, 1.807) is 11.3 Å². The fourth-order valence-corrected chi connectivity index (χ4v) is 1.71. The van der Waals surface area contributed by atoms with Gasteiger partial charge in [-0.15, -0.1) is 11.3 Å². The second-order valence-electron chi connectivity index (χ2n) is 2.82. The summed E-state index contributed by atoms with van der Waals surface area (Å²) in [6.07, 6.45) is 1.55. The highest BCUT2D eigenvalue weighted by Gasteiger charge is 1.96. The lowest BCUT2D eigenvalue weighted by Gasteiger charge is -1.98. The van der Waals surface area contributed by atoms with E-state index in [0.29, 0.717) is 6.42 Å². The molecule has 0 radical (unpaired) electrons. The molecule has 0 saturated carbocycles. The first kappa shape index (κ1) is 10.2. The molecule has 0 saturated heterocycles. The summed E-state index contributed by atoms with van der Waals surface area (Å²) in [6.45, 7) is 3.71. The molecule has 1 heterocycles. The monoisotopic (exact) mass is 195 g/mol. The maximum atomic E-state index is 8.30. The Balaban J connectivity index is 2.10. The van der Waals surface area contributed by atoms with Crippen molar-refractivity contribution in [3.05, 3.63) is 16.1 Å². The normalized spacial score (nSPS) is 9.85. The molecule has 0 aliphatic carbocycles. The Morgan fingerprint density at radius 1 is 1.69 bits per heavy atom. The SMILES string of the molecule is Cc1csc(CNCCCC#N)n1. The number of aryl methyl sites for hydroxylation is 1. The summed E-state index contributed by atoms with van der Waals surface area (Å²) < 4.78 is 0. The zero-order chi connectivity index (χ0) is 9.52. The maximum absolute atomic E-state index is 8.30. The van der Waals surface area contributed by atoms with Crippen LogP contribution in [-0.2, 0) is 6.54 Å². The first-order valence-corrected chi connectivity index (χ1v) is 5.19. The fraction of sp³-hybridized carbons (Fsp3) is 0.556. The van der Waals surface area contributed by atoms with Gasteiger partial charge in [-0.3, -0.25) is 0 Å². The molecule has 0 aromatic carbocycles. The van der Waals surface area contributed by atoms with E-state index in [9.17, 15) is 0 Å². The molecule has 0 fully saturated rings. The molecule has 70 valence electrons. The molecule has 0 aliphatic heterocycles. The van der Waals surface area contributed by atoms with Gasteiger partial charge in [0.2, 0.25) is 0 Å². The number of hydrogen-bond donors (Lipinski definition) is 1. The third kappa shape index (κ3) is 4.02. The van der Waals surface area contributed by atoms with E-state index in [2.05, 4.69) is 16.4 Å². The van der Waals surface area contributed by atoms with Gasteiger partial charge in [-0.1, -0.05) is 0 Å². The predicted octanol–water partition coefficient (Wildman–Crippen LogP) is 1.84. The van der Waals surface area contributed by atoms with Crippen molar-refractivity contribution < 1.29 is 0 Å².